The molecule has 0 radical (unpaired) electrons. The van der Waals surface area contributed by atoms with Crippen LogP contribution in [0.3, 0.4) is 0 Å². The Labute approximate surface area is 202 Å². The van der Waals surface area contributed by atoms with Gasteiger partial charge in [0.15, 0.2) is 11.5 Å². The molecule has 8 nitrogen and oxygen atoms in total. The third-order valence-corrected chi connectivity index (χ3v) is 5.90. The number of fused-ring (bicyclic) bond motifs is 2. The quantitative estimate of drug-likeness (QED) is 0.422. The van der Waals surface area contributed by atoms with Crippen LogP contribution in [0.2, 0.25) is 0 Å². The lowest BCUT2D eigenvalue weighted by Crippen LogP contribution is -2.40. The van der Waals surface area contributed by atoms with E-state index in [2.05, 4.69) is 10.3 Å². The molecule has 0 fully saturated rings. The molecule has 35 heavy (non-hydrogen) atoms. The Hall–Kier alpha value is -4.46. The Bertz CT molecular complexity index is 1420. The summed E-state index contributed by atoms with van der Waals surface area (Å²) in [6.45, 7) is 0.901. The van der Waals surface area contributed by atoms with E-state index in [4.69, 9.17) is 14.2 Å². The van der Waals surface area contributed by atoms with Gasteiger partial charge in [0, 0.05) is 29.1 Å². The largest absolute Gasteiger partial charge is 0.496 e. The zero-order valence-electron chi connectivity index (χ0n) is 19.2. The van der Waals surface area contributed by atoms with Crippen LogP contribution in [0, 0.1) is 0 Å². The molecule has 0 unspecified atom stereocenters. The van der Waals surface area contributed by atoms with Crippen molar-refractivity contribution < 1.29 is 19.0 Å². The van der Waals surface area contributed by atoms with Crippen LogP contribution in [0.15, 0.2) is 77.6 Å². The van der Waals surface area contributed by atoms with Crippen molar-refractivity contribution in [3.05, 3.63) is 99.8 Å². The maximum absolute atomic E-state index is 13.3. The van der Waals surface area contributed by atoms with Crippen molar-refractivity contribution in [2.24, 2.45) is 0 Å². The van der Waals surface area contributed by atoms with E-state index in [0.717, 1.165) is 16.5 Å². The number of carbonyl (C=O) groups excluding carboxylic acids is 1. The average Bonchev–Trinajstić information content (AvgIpc) is 3.34. The Morgan fingerprint density at radius 2 is 1.69 bits per heavy atom. The predicted molar refractivity (Wildman–Crippen MR) is 132 cm³/mol. The number of benzene rings is 3. The minimum absolute atomic E-state index is 0.110. The normalized spacial score (nSPS) is 11.9. The van der Waals surface area contributed by atoms with Crippen LogP contribution in [-0.2, 0) is 19.6 Å². The van der Waals surface area contributed by atoms with Crippen molar-refractivity contribution in [3.63, 3.8) is 0 Å². The monoisotopic (exact) mass is 471 g/mol. The molecule has 1 aliphatic rings. The molecule has 3 aromatic carbocycles. The molecule has 178 valence electrons. The lowest BCUT2D eigenvalue weighted by atomic mass is 10.1. The van der Waals surface area contributed by atoms with E-state index in [1.165, 1.54) is 0 Å². The van der Waals surface area contributed by atoms with Crippen molar-refractivity contribution in [3.8, 4) is 17.2 Å². The fraction of sp³-hybridized carbons (Fsp3) is 0.185. The SMILES string of the molecule is COc1ccccc1CN(Cc1cc2cc3c(cc2[nH]c1=O)OCO3)C(=O)NCc1ccccc1. The van der Waals surface area contributed by atoms with E-state index in [1.807, 2.05) is 60.7 Å². The molecule has 4 aromatic rings. The van der Waals surface area contributed by atoms with Gasteiger partial charge in [-0.2, -0.15) is 0 Å². The number of urea groups is 1. The van der Waals surface area contributed by atoms with Gasteiger partial charge in [-0.1, -0.05) is 48.5 Å². The van der Waals surface area contributed by atoms with Gasteiger partial charge in [-0.05, 0) is 23.8 Å². The van der Waals surface area contributed by atoms with Gasteiger partial charge in [-0.3, -0.25) is 4.79 Å². The van der Waals surface area contributed by atoms with E-state index in [0.29, 0.717) is 34.9 Å². The van der Waals surface area contributed by atoms with Gasteiger partial charge in [0.25, 0.3) is 5.56 Å². The van der Waals surface area contributed by atoms with Gasteiger partial charge in [0.2, 0.25) is 6.79 Å². The topological polar surface area (TPSA) is 92.9 Å². The molecule has 0 atom stereocenters. The molecule has 0 saturated heterocycles. The molecule has 5 rings (SSSR count). The summed E-state index contributed by atoms with van der Waals surface area (Å²) in [7, 11) is 1.59. The summed E-state index contributed by atoms with van der Waals surface area (Å²) in [5.74, 6) is 1.90. The first-order valence-corrected chi connectivity index (χ1v) is 11.2. The van der Waals surface area contributed by atoms with Gasteiger partial charge in [0.05, 0.1) is 25.7 Å². The fourth-order valence-corrected chi connectivity index (χ4v) is 4.09. The number of aromatic amines is 1. The van der Waals surface area contributed by atoms with Crippen LogP contribution >= 0.6 is 0 Å². The molecule has 0 aliphatic carbocycles. The first-order valence-electron chi connectivity index (χ1n) is 11.2. The second kappa shape index (κ2) is 9.80. The van der Waals surface area contributed by atoms with Crippen LogP contribution < -0.4 is 25.1 Å². The number of pyridine rings is 1. The summed E-state index contributed by atoms with van der Waals surface area (Å²) in [6, 6.07) is 22.3. The summed E-state index contributed by atoms with van der Waals surface area (Å²) < 4.78 is 16.4. The number of H-pyrrole nitrogens is 1. The fourth-order valence-electron chi connectivity index (χ4n) is 4.09. The Kier molecular flexibility index (Phi) is 6.26. The van der Waals surface area contributed by atoms with E-state index in [1.54, 1.807) is 24.1 Å². The summed E-state index contributed by atoms with van der Waals surface area (Å²) in [4.78, 5) is 30.7. The lowest BCUT2D eigenvalue weighted by molar-refractivity contribution is 0.174. The number of carbonyl (C=O) groups is 1. The first kappa shape index (κ1) is 22.3. The van der Waals surface area contributed by atoms with Crippen LogP contribution in [0.1, 0.15) is 16.7 Å². The zero-order chi connectivity index (χ0) is 24.2. The number of nitrogens with one attached hydrogen (secondary N) is 2. The molecule has 8 heteroatoms. The predicted octanol–water partition coefficient (Wildman–Crippen LogP) is 4.18. The highest BCUT2D eigenvalue weighted by Crippen LogP contribution is 2.35. The van der Waals surface area contributed by atoms with E-state index in [-0.39, 0.29) is 31.5 Å². The van der Waals surface area contributed by atoms with E-state index < -0.39 is 0 Å². The molecule has 1 aromatic heterocycles. The first-order chi connectivity index (χ1) is 17.1. The molecule has 2 heterocycles. The molecule has 0 spiro atoms. The van der Waals surface area contributed by atoms with Crippen LogP contribution in [0.4, 0.5) is 4.79 Å². The maximum atomic E-state index is 13.3. The van der Waals surface area contributed by atoms with Crippen LogP contribution in [0.25, 0.3) is 10.9 Å². The van der Waals surface area contributed by atoms with Gasteiger partial charge in [-0.25, -0.2) is 4.79 Å². The number of hydrogen-bond donors (Lipinski definition) is 2. The molecule has 0 saturated carbocycles. The van der Waals surface area contributed by atoms with Crippen LogP contribution in [-0.4, -0.2) is 29.8 Å². The Morgan fingerprint density at radius 1 is 0.971 bits per heavy atom. The highest BCUT2D eigenvalue weighted by Gasteiger charge is 2.20. The highest BCUT2D eigenvalue weighted by atomic mass is 16.7. The summed E-state index contributed by atoms with van der Waals surface area (Å²) >= 11 is 0. The number of aromatic nitrogens is 1. The number of ether oxygens (including phenoxy) is 3. The third-order valence-electron chi connectivity index (χ3n) is 5.90. The molecular formula is C27H25N3O5. The minimum Gasteiger partial charge on any atom is -0.496 e. The smallest absolute Gasteiger partial charge is 0.318 e. The number of methoxy groups -OCH3 is 1. The summed E-state index contributed by atoms with van der Waals surface area (Å²) in [5, 5.41) is 3.76. The molecule has 1 aliphatic heterocycles. The van der Waals surface area contributed by atoms with Crippen molar-refractivity contribution in [1.29, 1.82) is 0 Å². The number of amides is 2. The second-order valence-electron chi connectivity index (χ2n) is 8.23. The van der Waals surface area contributed by atoms with Crippen molar-refractivity contribution in [2.75, 3.05) is 13.9 Å². The number of para-hydroxylation sites is 1. The van der Waals surface area contributed by atoms with Crippen molar-refractivity contribution in [2.45, 2.75) is 19.6 Å². The minimum atomic E-state index is -0.287. The Balaban J connectivity index is 1.44. The zero-order valence-corrected chi connectivity index (χ0v) is 19.2. The van der Waals surface area contributed by atoms with E-state index in [9.17, 15) is 9.59 Å². The van der Waals surface area contributed by atoms with Crippen molar-refractivity contribution >= 4 is 16.9 Å². The standard InChI is InChI=1S/C27H25N3O5/c1-33-23-10-6-5-9-19(23)15-30(27(32)28-14-18-7-3-2-4-8-18)16-21-11-20-12-24-25(35-17-34-24)13-22(20)29-26(21)31/h2-13H,14-17H2,1H3,(H,28,32)(H,29,31). The van der Waals surface area contributed by atoms with Crippen molar-refractivity contribution in [1.82, 2.24) is 15.2 Å². The lowest BCUT2D eigenvalue weighted by Gasteiger charge is -2.24. The number of rotatable bonds is 7. The van der Waals surface area contributed by atoms with Gasteiger partial charge in [-0.15, -0.1) is 0 Å². The van der Waals surface area contributed by atoms with Gasteiger partial charge < -0.3 is 29.4 Å². The maximum Gasteiger partial charge on any atom is 0.318 e. The molecule has 2 amide bonds. The van der Waals surface area contributed by atoms with Gasteiger partial charge in [0.1, 0.15) is 5.75 Å². The molecular weight excluding hydrogens is 446 g/mol. The number of hydrogen-bond acceptors (Lipinski definition) is 5. The van der Waals surface area contributed by atoms with Gasteiger partial charge >= 0.3 is 6.03 Å². The number of nitrogens with zero attached hydrogens (tertiary/aromatic N) is 1. The second-order valence-corrected chi connectivity index (χ2v) is 8.23. The highest BCUT2D eigenvalue weighted by molar-refractivity contribution is 5.83. The van der Waals surface area contributed by atoms with Crippen LogP contribution in [0.5, 0.6) is 17.2 Å². The average molecular weight is 472 g/mol. The summed E-state index contributed by atoms with van der Waals surface area (Å²) in [6.07, 6.45) is 0. The molecule has 0 bridgehead atoms. The third kappa shape index (κ3) is 4.91. The Morgan fingerprint density at radius 3 is 2.49 bits per heavy atom. The van der Waals surface area contributed by atoms with E-state index >= 15 is 0 Å². The molecule has 2 N–H and O–H groups in total. The summed E-state index contributed by atoms with van der Waals surface area (Å²) in [5.41, 5.74) is 2.66.